The number of hydrogen-bond acceptors (Lipinski definition) is 7. The van der Waals surface area contributed by atoms with Crippen LogP contribution in [0.3, 0.4) is 0 Å². The van der Waals surface area contributed by atoms with E-state index in [-0.39, 0.29) is 23.9 Å². The minimum absolute atomic E-state index is 0.0856. The van der Waals surface area contributed by atoms with Gasteiger partial charge < -0.3 is 29.7 Å². The number of hydrogen-bond donors (Lipinski definition) is 2. The number of amides is 2. The molecule has 0 saturated heterocycles. The van der Waals surface area contributed by atoms with Crippen molar-refractivity contribution in [1.82, 2.24) is 20.5 Å². The molecule has 2 amide bonds. The summed E-state index contributed by atoms with van der Waals surface area (Å²) in [5.41, 5.74) is 5.50. The van der Waals surface area contributed by atoms with Gasteiger partial charge in [-0.25, -0.2) is 9.18 Å². The lowest BCUT2D eigenvalue weighted by molar-refractivity contribution is -0.120. The number of nitrogens with one attached hydrogen (secondary N) is 2. The normalized spacial score (nSPS) is 13.3. The van der Waals surface area contributed by atoms with Crippen LogP contribution in [0.25, 0.3) is 17.2 Å². The number of rotatable bonds is 11. The molecule has 0 fully saturated rings. The zero-order chi connectivity index (χ0) is 30.2. The largest absolute Gasteiger partial charge is 0.493 e. The maximum absolute atomic E-state index is 14.4. The lowest BCUT2D eigenvalue weighted by Crippen LogP contribution is -2.33. The first-order valence-electron chi connectivity index (χ1n) is 13.4. The van der Waals surface area contributed by atoms with Gasteiger partial charge in [-0.3, -0.25) is 9.78 Å². The fourth-order valence-corrected chi connectivity index (χ4v) is 4.67. The van der Waals surface area contributed by atoms with Crippen molar-refractivity contribution in [3.05, 3.63) is 88.5 Å². The van der Waals surface area contributed by atoms with Gasteiger partial charge >= 0.3 is 6.09 Å². The maximum Gasteiger partial charge on any atom is 0.412 e. The SMILES string of the molecule is COc1cc(C=C2C(C)=C(CC(=O)NCc3cccnc3)c3cc(F)ccc32)cc(OC)c1OC(=O)NCCN(C)C. The highest BCUT2D eigenvalue weighted by atomic mass is 19.1. The summed E-state index contributed by atoms with van der Waals surface area (Å²) in [6.45, 7) is 3.33. The van der Waals surface area contributed by atoms with Crippen LogP contribution in [0, 0.1) is 5.82 Å². The minimum Gasteiger partial charge on any atom is -0.493 e. The van der Waals surface area contributed by atoms with Crippen molar-refractivity contribution in [2.45, 2.75) is 19.9 Å². The standard InChI is InChI=1S/C32H35FN4O5/c1-20-25(13-22-14-28(40-4)31(29(15-22)41-5)42-32(39)35-11-12-37(2)3)24-9-8-23(33)16-27(24)26(20)17-30(38)36-19-21-7-6-10-34-18-21/h6-10,13-16,18H,11-12,17,19H2,1-5H3,(H,35,39)(H,36,38). The molecule has 2 aromatic carbocycles. The molecule has 0 aliphatic heterocycles. The van der Waals surface area contributed by atoms with Crippen LogP contribution >= 0.6 is 0 Å². The summed E-state index contributed by atoms with van der Waals surface area (Å²) in [7, 11) is 6.77. The van der Waals surface area contributed by atoms with E-state index in [0.29, 0.717) is 42.3 Å². The number of carbonyl (C=O) groups is 2. The van der Waals surface area contributed by atoms with Gasteiger partial charge in [-0.15, -0.1) is 0 Å². The van der Waals surface area contributed by atoms with Crippen LogP contribution in [-0.4, -0.2) is 63.3 Å². The molecule has 0 saturated carbocycles. The second-order valence-corrected chi connectivity index (χ2v) is 10.0. The highest BCUT2D eigenvalue weighted by Crippen LogP contribution is 2.45. The van der Waals surface area contributed by atoms with Crippen molar-refractivity contribution in [2.75, 3.05) is 41.4 Å². The number of halogens is 1. The van der Waals surface area contributed by atoms with Gasteiger partial charge in [0.15, 0.2) is 11.5 Å². The first kappa shape index (κ1) is 30.3. The Morgan fingerprint density at radius 1 is 1.02 bits per heavy atom. The van der Waals surface area contributed by atoms with Gasteiger partial charge in [-0.2, -0.15) is 0 Å². The van der Waals surface area contributed by atoms with E-state index in [9.17, 15) is 14.0 Å². The Morgan fingerprint density at radius 3 is 2.40 bits per heavy atom. The van der Waals surface area contributed by atoms with E-state index < -0.39 is 6.09 Å². The van der Waals surface area contributed by atoms with Gasteiger partial charge in [-0.05, 0) is 96.4 Å². The Morgan fingerprint density at radius 2 is 1.76 bits per heavy atom. The number of fused-ring (bicyclic) bond motifs is 1. The second-order valence-electron chi connectivity index (χ2n) is 10.0. The Balaban J connectivity index is 1.62. The van der Waals surface area contributed by atoms with Crippen LogP contribution in [0.2, 0.25) is 0 Å². The number of nitrogens with zero attached hydrogens (tertiary/aromatic N) is 2. The van der Waals surface area contributed by atoms with Gasteiger partial charge in [0.2, 0.25) is 11.7 Å². The zero-order valence-corrected chi connectivity index (χ0v) is 24.4. The molecule has 2 N–H and O–H groups in total. The summed E-state index contributed by atoms with van der Waals surface area (Å²) in [5, 5.41) is 5.62. The third-order valence-corrected chi connectivity index (χ3v) is 6.82. The van der Waals surface area contributed by atoms with E-state index in [0.717, 1.165) is 27.8 Å². The average molecular weight is 575 g/mol. The van der Waals surface area contributed by atoms with Crippen LogP contribution in [-0.2, 0) is 11.3 Å². The fraction of sp³-hybridized carbons (Fsp3) is 0.281. The average Bonchev–Trinajstić information content (AvgIpc) is 3.21. The number of ether oxygens (including phenoxy) is 3. The Bertz CT molecular complexity index is 1490. The molecule has 10 heteroatoms. The molecule has 0 radical (unpaired) electrons. The van der Waals surface area contributed by atoms with E-state index >= 15 is 0 Å². The van der Waals surface area contributed by atoms with Crippen LogP contribution < -0.4 is 24.8 Å². The zero-order valence-electron chi connectivity index (χ0n) is 24.4. The molecule has 0 bridgehead atoms. The van der Waals surface area contributed by atoms with Gasteiger partial charge in [0, 0.05) is 32.0 Å². The molecular weight excluding hydrogens is 539 g/mol. The second kappa shape index (κ2) is 13.8. The van der Waals surface area contributed by atoms with Gasteiger partial charge in [0.25, 0.3) is 0 Å². The number of pyridine rings is 1. The topological polar surface area (TPSA) is 102 Å². The fourth-order valence-electron chi connectivity index (χ4n) is 4.67. The summed E-state index contributed by atoms with van der Waals surface area (Å²) in [4.78, 5) is 31.3. The van der Waals surface area contributed by atoms with Crippen LogP contribution in [0.1, 0.15) is 35.6 Å². The van der Waals surface area contributed by atoms with Crippen LogP contribution in [0.5, 0.6) is 17.2 Å². The Kier molecular flexibility index (Phi) is 9.93. The molecule has 1 aliphatic carbocycles. The van der Waals surface area contributed by atoms with E-state index in [1.807, 2.05) is 44.1 Å². The molecule has 0 atom stereocenters. The predicted molar refractivity (Wildman–Crippen MR) is 160 cm³/mol. The number of aromatic nitrogens is 1. The van der Waals surface area contributed by atoms with Crippen molar-refractivity contribution in [3.63, 3.8) is 0 Å². The smallest absolute Gasteiger partial charge is 0.412 e. The molecule has 42 heavy (non-hydrogen) atoms. The quantitative estimate of drug-likeness (QED) is 0.335. The highest BCUT2D eigenvalue weighted by Gasteiger charge is 2.26. The summed E-state index contributed by atoms with van der Waals surface area (Å²) in [6.07, 6.45) is 4.74. The molecule has 3 aromatic rings. The monoisotopic (exact) mass is 574 g/mol. The summed E-state index contributed by atoms with van der Waals surface area (Å²) in [5.74, 6) is 0.190. The molecule has 0 spiro atoms. The molecule has 4 rings (SSSR count). The van der Waals surface area contributed by atoms with E-state index in [4.69, 9.17) is 14.2 Å². The summed E-state index contributed by atoms with van der Waals surface area (Å²) in [6, 6.07) is 11.7. The highest BCUT2D eigenvalue weighted by molar-refractivity contribution is 6.08. The first-order valence-corrected chi connectivity index (χ1v) is 13.4. The third kappa shape index (κ3) is 7.32. The van der Waals surface area contributed by atoms with Crippen molar-refractivity contribution in [3.8, 4) is 17.2 Å². The summed E-state index contributed by atoms with van der Waals surface area (Å²) >= 11 is 0. The predicted octanol–water partition coefficient (Wildman–Crippen LogP) is 4.92. The van der Waals surface area contributed by atoms with Crippen LogP contribution in [0.15, 0.2) is 60.4 Å². The lowest BCUT2D eigenvalue weighted by Gasteiger charge is -2.16. The maximum atomic E-state index is 14.4. The molecular formula is C32H35FN4O5. The van der Waals surface area contributed by atoms with E-state index in [1.54, 1.807) is 30.6 Å². The first-order chi connectivity index (χ1) is 20.2. The molecule has 220 valence electrons. The molecule has 1 aliphatic rings. The number of allylic oxidation sites excluding steroid dienone is 2. The Hall–Kier alpha value is -4.70. The number of carbonyl (C=O) groups excluding carboxylic acids is 2. The van der Waals surface area contributed by atoms with E-state index in [2.05, 4.69) is 15.6 Å². The lowest BCUT2D eigenvalue weighted by atomic mass is 10.00. The molecule has 1 aromatic heterocycles. The Labute approximate surface area is 245 Å². The van der Waals surface area contributed by atoms with Crippen molar-refractivity contribution < 1.29 is 28.2 Å². The van der Waals surface area contributed by atoms with Gasteiger partial charge in [0.05, 0.1) is 20.6 Å². The van der Waals surface area contributed by atoms with Crippen molar-refractivity contribution >= 4 is 29.2 Å². The third-order valence-electron chi connectivity index (χ3n) is 6.82. The molecule has 1 heterocycles. The van der Waals surface area contributed by atoms with E-state index in [1.165, 1.54) is 26.4 Å². The van der Waals surface area contributed by atoms with Crippen molar-refractivity contribution in [1.29, 1.82) is 0 Å². The number of benzene rings is 2. The summed E-state index contributed by atoms with van der Waals surface area (Å²) < 4.78 is 31.0. The van der Waals surface area contributed by atoms with Crippen LogP contribution in [0.4, 0.5) is 9.18 Å². The minimum atomic E-state index is -0.628. The molecule has 0 unspecified atom stereocenters. The number of methoxy groups -OCH3 is 2. The van der Waals surface area contributed by atoms with Gasteiger partial charge in [-0.1, -0.05) is 12.1 Å². The molecule has 9 nitrogen and oxygen atoms in total. The van der Waals surface area contributed by atoms with Gasteiger partial charge in [0.1, 0.15) is 5.82 Å². The number of likely N-dealkylation sites (N-methyl/N-ethyl adjacent to an activating group) is 1. The van der Waals surface area contributed by atoms with Crippen molar-refractivity contribution in [2.24, 2.45) is 0 Å².